The molecular formula is C26H20N2O2S. The second kappa shape index (κ2) is 7.93. The summed E-state index contributed by atoms with van der Waals surface area (Å²) in [6.07, 6.45) is 3.76. The lowest BCUT2D eigenvalue weighted by atomic mass is 10.0. The Hall–Kier alpha value is -3.57. The lowest BCUT2D eigenvalue weighted by molar-refractivity contribution is -0.123. The Labute approximate surface area is 184 Å². The summed E-state index contributed by atoms with van der Waals surface area (Å²) in [5.74, 6) is -0.250. The molecule has 3 aromatic carbocycles. The number of hydrogen-bond donors (Lipinski definition) is 0. The van der Waals surface area contributed by atoms with Crippen LogP contribution in [-0.2, 0) is 11.3 Å². The van der Waals surface area contributed by atoms with Crippen molar-refractivity contribution in [3.63, 3.8) is 0 Å². The molecule has 1 aliphatic rings. The van der Waals surface area contributed by atoms with Crippen LogP contribution < -0.4 is 0 Å². The van der Waals surface area contributed by atoms with Crippen LogP contribution in [0, 0.1) is 6.92 Å². The topological polar surface area (TPSA) is 42.3 Å². The molecule has 4 nitrogen and oxygen atoms in total. The summed E-state index contributed by atoms with van der Waals surface area (Å²) in [7, 11) is 0. The summed E-state index contributed by atoms with van der Waals surface area (Å²) in [5, 5.41) is 1.91. The maximum absolute atomic E-state index is 13.1. The van der Waals surface area contributed by atoms with Gasteiger partial charge in [-0.1, -0.05) is 54.6 Å². The van der Waals surface area contributed by atoms with E-state index in [1.165, 1.54) is 4.90 Å². The van der Waals surface area contributed by atoms with Crippen LogP contribution in [0.15, 0.2) is 90.0 Å². The van der Waals surface area contributed by atoms with Gasteiger partial charge in [-0.3, -0.25) is 14.5 Å². The van der Waals surface area contributed by atoms with E-state index in [1.807, 2.05) is 90.5 Å². The number of thioether (sulfide) groups is 1. The molecule has 0 unspecified atom stereocenters. The molecule has 0 N–H and O–H groups in total. The Morgan fingerprint density at radius 3 is 2.58 bits per heavy atom. The highest BCUT2D eigenvalue weighted by atomic mass is 32.2. The minimum Gasteiger partial charge on any atom is -0.317 e. The summed E-state index contributed by atoms with van der Waals surface area (Å²) in [5.41, 5.74) is 4.00. The molecule has 0 atom stereocenters. The lowest BCUT2D eigenvalue weighted by Gasteiger charge is -2.14. The van der Waals surface area contributed by atoms with E-state index < -0.39 is 0 Å². The SMILES string of the molecule is Cc1cccc(-n2cccc2/C=C2/SC(=O)N(Cc3cccc4ccccc34)C2=O)c1. The van der Waals surface area contributed by atoms with Gasteiger partial charge in [0.25, 0.3) is 11.1 Å². The number of imide groups is 1. The van der Waals surface area contributed by atoms with Crippen molar-refractivity contribution >= 4 is 39.8 Å². The standard InChI is InChI=1S/C26H20N2O2S/c1-18-7-4-11-21(15-18)27-14-6-12-22(27)16-24-25(29)28(26(30)31-24)17-20-10-5-9-19-8-2-3-13-23(19)20/h2-16H,17H2,1H3/b24-16+. The van der Waals surface area contributed by atoms with Crippen molar-refractivity contribution in [1.82, 2.24) is 9.47 Å². The first-order valence-corrected chi connectivity index (χ1v) is 10.9. The first-order valence-electron chi connectivity index (χ1n) is 10.1. The molecule has 1 fully saturated rings. The van der Waals surface area contributed by atoms with Gasteiger partial charge in [0, 0.05) is 17.6 Å². The van der Waals surface area contributed by atoms with Crippen LogP contribution >= 0.6 is 11.8 Å². The molecule has 152 valence electrons. The maximum Gasteiger partial charge on any atom is 0.293 e. The predicted octanol–water partition coefficient (Wildman–Crippen LogP) is 6.18. The minimum absolute atomic E-state index is 0.238. The second-order valence-electron chi connectivity index (χ2n) is 7.55. The highest BCUT2D eigenvalue weighted by Gasteiger charge is 2.35. The summed E-state index contributed by atoms with van der Waals surface area (Å²) < 4.78 is 2.02. The van der Waals surface area contributed by atoms with E-state index in [4.69, 9.17) is 0 Å². The van der Waals surface area contributed by atoms with Crippen molar-refractivity contribution < 1.29 is 9.59 Å². The minimum atomic E-state index is -0.250. The molecule has 1 saturated heterocycles. The molecule has 2 amide bonds. The number of aryl methyl sites for hydroxylation is 1. The number of carbonyl (C=O) groups excluding carboxylic acids is 2. The van der Waals surface area contributed by atoms with Gasteiger partial charge in [-0.25, -0.2) is 0 Å². The summed E-state index contributed by atoms with van der Waals surface area (Å²) in [6, 6.07) is 26.0. The van der Waals surface area contributed by atoms with Gasteiger partial charge in [-0.15, -0.1) is 0 Å². The van der Waals surface area contributed by atoms with Crippen molar-refractivity contribution in [2.75, 3.05) is 0 Å². The molecule has 0 aliphatic carbocycles. The van der Waals surface area contributed by atoms with Crippen molar-refractivity contribution in [1.29, 1.82) is 0 Å². The molecule has 0 radical (unpaired) electrons. The average molecular weight is 425 g/mol. The van der Waals surface area contributed by atoms with Crippen LogP contribution in [0.25, 0.3) is 22.5 Å². The van der Waals surface area contributed by atoms with Crippen molar-refractivity contribution in [2.24, 2.45) is 0 Å². The Morgan fingerprint density at radius 1 is 0.903 bits per heavy atom. The summed E-state index contributed by atoms with van der Waals surface area (Å²) >= 11 is 0.997. The van der Waals surface area contributed by atoms with Crippen molar-refractivity contribution in [3.8, 4) is 5.69 Å². The third-order valence-electron chi connectivity index (χ3n) is 5.42. The molecule has 2 heterocycles. The largest absolute Gasteiger partial charge is 0.317 e. The van der Waals surface area contributed by atoms with E-state index in [1.54, 1.807) is 6.08 Å². The van der Waals surface area contributed by atoms with Gasteiger partial charge in [-0.05, 0) is 70.9 Å². The molecule has 31 heavy (non-hydrogen) atoms. The van der Waals surface area contributed by atoms with Crippen LogP contribution in [0.4, 0.5) is 4.79 Å². The number of benzene rings is 3. The Balaban J connectivity index is 1.45. The molecule has 5 rings (SSSR count). The van der Waals surface area contributed by atoms with Crippen LogP contribution in [0.1, 0.15) is 16.8 Å². The van der Waals surface area contributed by atoms with Gasteiger partial charge in [0.05, 0.1) is 11.4 Å². The smallest absolute Gasteiger partial charge is 0.293 e. The normalized spacial score (nSPS) is 15.4. The van der Waals surface area contributed by atoms with Crippen molar-refractivity contribution in [3.05, 3.63) is 107 Å². The molecule has 0 saturated carbocycles. The molecule has 1 aromatic heterocycles. The van der Waals surface area contributed by atoms with E-state index in [-0.39, 0.29) is 17.7 Å². The molecule has 4 aromatic rings. The van der Waals surface area contributed by atoms with Gasteiger partial charge in [-0.2, -0.15) is 0 Å². The monoisotopic (exact) mass is 424 g/mol. The highest BCUT2D eigenvalue weighted by molar-refractivity contribution is 8.18. The van der Waals surface area contributed by atoms with Gasteiger partial charge in [0.2, 0.25) is 0 Å². The maximum atomic E-state index is 13.1. The van der Waals surface area contributed by atoms with Crippen LogP contribution in [-0.4, -0.2) is 20.6 Å². The number of nitrogens with zero attached hydrogens (tertiary/aromatic N) is 2. The van der Waals surface area contributed by atoms with E-state index in [0.717, 1.165) is 45.0 Å². The summed E-state index contributed by atoms with van der Waals surface area (Å²) in [4.78, 5) is 27.5. The molecular weight excluding hydrogens is 404 g/mol. The quantitative estimate of drug-likeness (QED) is 0.368. The van der Waals surface area contributed by atoms with Crippen LogP contribution in [0.2, 0.25) is 0 Å². The van der Waals surface area contributed by atoms with Crippen LogP contribution in [0.3, 0.4) is 0 Å². The van der Waals surface area contributed by atoms with Gasteiger partial charge in [0.15, 0.2) is 0 Å². The fourth-order valence-corrected chi connectivity index (χ4v) is 4.72. The zero-order chi connectivity index (χ0) is 21.4. The van der Waals surface area contributed by atoms with E-state index in [2.05, 4.69) is 6.07 Å². The fourth-order valence-electron chi connectivity index (χ4n) is 3.90. The lowest BCUT2D eigenvalue weighted by Crippen LogP contribution is -2.27. The predicted molar refractivity (Wildman–Crippen MR) is 126 cm³/mol. The summed E-state index contributed by atoms with van der Waals surface area (Å²) in [6.45, 7) is 2.31. The highest BCUT2D eigenvalue weighted by Crippen LogP contribution is 2.34. The van der Waals surface area contributed by atoms with E-state index >= 15 is 0 Å². The number of aromatic nitrogens is 1. The first-order chi connectivity index (χ1) is 15.1. The molecule has 0 bridgehead atoms. The van der Waals surface area contributed by atoms with Crippen molar-refractivity contribution in [2.45, 2.75) is 13.5 Å². The van der Waals surface area contributed by atoms with Gasteiger partial charge in [0.1, 0.15) is 0 Å². The van der Waals surface area contributed by atoms with E-state index in [0.29, 0.717) is 4.91 Å². The number of hydrogen-bond acceptors (Lipinski definition) is 3. The average Bonchev–Trinajstić information content (AvgIpc) is 3.34. The number of carbonyl (C=O) groups is 2. The van der Waals surface area contributed by atoms with Gasteiger partial charge < -0.3 is 4.57 Å². The number of amides is 2. The fraction of sp³-hybridized carbons (Fsp3) is 0.0769. The first kappa shape index (κ1) is 19.4. The van der Waals surface area contributed by atoms with Crippen LogP contribution in [0.5, 0.6) is 0 Å². The zero-order valence-corrected chi connectivity index (χ0v) is 17.8. The second-order valence-corrected chi connectivity index (χ2v) is 8.54. The Bertz CT molecular complexity index is 1350. The third kappa shape index (κ3) is 3.68. The number of rotatable bonds is 4. The molecule has 0 spiro atoms. The van der Waals surface area contributed by atoms with E-state index in [9.17, 15) is 9.59 Å². The molecule has 5 heteroatoms. The molecule has 1 aliphatic heterocycles. The van der Waals surface area contributed by atoms with Gasteiger partial charge >= 0.3 is 0 Å². The Morgan fingerprint density at radius 2 is 1.71 bits per heavy atom. The third-order valence-corrected chi connectivity index (χ3v) is 6.33. The zero-order valence-electron chi connectivity index (χ0n) is 17.0. The number of fused-ring (bicyclic) bond motifs is 1. The Kier molecular flexibility index (Phi) is 4.96.